The van der Waals surface area contributed by atoms with Crippen molar-refractivity contribution in [2.75, 3.05) is 19.8 Å². The van der Waals surface area contributed by atoms with Crippen molar-refractivity contribution in [1.82, 2.24) is 10.6 Å². The van der Waals surface area contributed by atoms with Crippen LogP contribution in [0.4, 0.5) is 0 Å². The van der Waals surface area contributed by atoms with E-state index < -0.39 is 24.5 Å². The Labute approximate surface area is 93.2 Å². The van der Waals surface area contributed by atoms with Crippen molar-refractivity contribution < 1.29 is 24.2 Å². The molecule has 0 spiro atoms. The highest BCUT2D eigenvalue weighted by Gasteiger charge is 2.14. The number of carboxylic acid groups (broad SMARTS) is 1. The van der Waals surface area contributed by atoms with Crippen molar-refractivity contribution in [1.29, 1.82) is 0 Å². The molecule has 1 atom stereocenters. The minimum atomic E-state index is -1.15. The van der Waals surface area contributed by atoms with Crippen molar-refractivity contribution in [3.8, 4) is 0 Å². The largest absolute Gasteiger partial charge is 0.480 e. The molecular formula is C9H16N2O5. The second kappa shape index (κ2) is 7.63. The summed E-state index contributed by atoms with van der Waals surface area (Å²) in [6.45, 7) is 2.86. The van der Waals surface area contributed by atoms with Gasteiger partial charge in [0.1, 0.15) is 19.3 Å². The van der Waals surface area contributed by atoms with Gasteiger partial charge >= 0.3 is 5.97 Å². The molecule has 0 heterocycles. The van der Waals surface area contributed by atoms with Crippen LogP contribution in [0.1, 0.15) is 13.8 Å². The molecule has 0 bridgehead atoms. The van der Waals surface area contributed by atoms with Crippen molar-refractivity contribution >= 4 is 17.8 Å². The summed E-state index contributed by atoms with van der Waals surface area (Å²) in [6, 6.07) is -0.666. The summed E-state index contributed by atoms with van der Waals surface area (Å²) in [5.74, 6) is -1.97. The van der Waals surface area contributed by atoms with Crippen molar-refractivity contribution in [2.45, 2.75) is 19.9 Å². The molecule has 0 aromatic heterocycles. The molecule has 1 unspecified atom stereocenters. The van der Waals surface area contributed by atoms with Crippen LogP contribution < -0.4 is 10.6 Å². The molecular weight excluding hydrogens is 216 g/mol. The average molecular weight is 232 g/mol. The highest BCUT2D eigenvalue weighted by atomic mass is 16.5. The maximum Gasteiger partial charge on any atom is 0.329 e. The van der Waals surface area contributed by atoms with Crippen LogP contribution in [0.3, 0.4) is 0 Å². The quantitative estimate of drug-likeness (QED) is 0.507. The van der Waals surface area contributed by atoms with Crippen molar-refractivity contribution in [3.05, 3.63) is 0 Å². The number of aliphatic carboxylic acids is 1. The highest BCUT2D eigenvalue weighted by Crippen LogP contribution is 1.83. The Kier molecular flexibility index (Phi) is 6.86. The van der Waals surface area contributed by atoms with Gasteiger partial charge in [-0.25, -0.2) is 4.79 Å². The maximum absolute atomic E-state index is 11.2. The van der Waals surface area contributed by atoms with Gasteiger partial charge in [0.15, 0.2) is 0 Å². The SMILES string of the molecule is CCNC(=O)C(C)NC(=O)COCC(=O)O. The number of hydrogen-bond acceptors (Lipinski definition) is 4. The number of carboxylic acids is 1. The summed E-state index contributed by atoms with van der Waals surface area (Å²) in [5, 5.41) is 13.2. The van der Waals surface area contributed by atoms with Gasteiger partial charge in [0.25, 0.3) is 0 Å². The minimum absolute atomic E-state index is 0.297. The van der Waals surface area contributed by atoms with E-state index in [0.29, 0.717) is 6.54 Å². The van der Waals surface area contributed by atoms with Gasteiger partial charge in [-0.15, -0.1) is 0 Å². The van der Waals surface area contributed by atoms with Crippen molar-refractivity contribution in [3.63, 3.8) is 0 Å². The van der Waals surface area contributed by atoms with Gasteiger partial charge in [-0.05, 0) is 13.8 Å². The number of likely N-dealkylation sites (N-methyl/N-ethyl adjacent to an activating group) is 1. The van der Waals surface area contributed by atoms with Crippen LogP contribution in [-0.4, -0.2) is 48.7 Å². The lowest BCUT2D eigenvalue weighted by molar-refractivity contribution is -0.144. The Hall–Kier alpha value is -1.63. The van der Waals surface area contributed by atoms with E-state index in [4.69, 9.17) is 5.11 Å². The Bertz CT molecular complexity index is 267. The lowest BCUT2D eigenvalue weighted by Crippen LogP contribution is -2.45. The van der Waals surface area contributed by atoms with E-state index in [1.54, 1.807) is 6.92 Å². The molecule has 0 aromatic carbocycles. The van der Waals surface area contributed by atoms with Crippen LogP contribution in [0.2, 0.25) is 0 Å². The second-order valence-electron chi connectivity index (χ2n) is 3.07. The van der Waals surface area contributed by atoms with Crippen LogP contribution in [0, 0.1) is 0 Å². The zero-order valence-electron chi connectivity index (χ0n) is 9.28. The molecule has 0 saturated carbocycles. The van der Waals surface area contributed by atoms with E-state index in [0.717, 1.165) is 0 Å². The molecule has 0 aliphatic carbocycles. The van der Waals surface area contributed by atoms with Gasteiger partial charge in [-0.2, -0.15) is 0 Å². The fraction of sp³-hybridized carbons (Fsp3) is 0.667. The topological polar surface area (TPSA) is 105 Å². The zero-order valence-corrected chi connectivity index (χ0v) is 9.28. The molecule has 0 aliphatic heterocycles. The molecule has 0 aliphatic rings. The van der Waals surface area contributed by atoms with E-state index in [2.05, 4.69) is 15.4 Å². The standard InChI is InChI=1S/C9H16N2O5/c1-3-10-9(15)6(2)11-7(12)4-16-5-8(13)14/h6H,3-5H2,1-2H3,(H,10,15)(H,11,12)(H,13,14). The normalized spacial score (nSPS) is 11.6. The summed E-state index contributed by atoms with van der Waals surface area (Å²) in [4.78, 5) is 32.4. The highest BCUT2D eigenvalue weighted by molar-refractivity contribution is 5.87. The first-order valence-electron chi connectivity index (χ1n) is 4.84. The molecule has 7 nitrogen and oxygen atoms in total. The van der Waals surface area contributed by atoms with E-state index >= 15 is 0 Å². The molecule has 7 heteroatoms. The molecule has 2 amide bonds. The van der Waals surface area contributed by atoms with E-state index in [1.165, 1.54) is 6.92 Å². The smallest absolute Gasteiger partial charge is 0.329 e. The lowest BCUT2D eigenvalue weighted by atomic mass is 10.3. The van der Waals surface area contributed by atoms with Gasteiger partial charge in [0.05, 0.1) is 0 Å². The van der Waals surface area contributed by atoms with E-state index in [1.807, 2.05) is 0 Å². The Balaban J connectivity index is 3.77. The first-order chi connectivity index (χ1) is 7.47. The number of amides is 2. The Morgan fingerprint density at radius 3 is 2.44 bits per heavy atom. The molecule has 3 N–H and O–H groups in total. The van der Waals surface area contributed by atoms with Gasteiger partial charge in [0.2, 0.25) is 11.8 Å². The molecule has 0 rings (SSSR count). The van der Waals surface area contributed by atoms with E-state index in [9.17, 15) is 14.4 Å². The fourth-order valence-electron chi connectivity index (χ4n) is 0.907. The summed E-state index contributed by atoms with van der Waals surface area (Å²) in [6.07, 6.45) is 0. The van der Waals surface area contributed by atoms with Crippen molar-refractivity contribution in [2.24, 2.45) is 0 Å². The van der Waals surface area contributed by atoms with Crippen LogP contribution >= 0.6 is 0 Å². The predicted molar refractivity (Wildman–Crippen MR) is 54.7 cm³/mol. The Morgan fingerprint density at radius 2 is 1.94 bits per heavy atom. The number of carbonyl (C=O) groups is 3. The number of carbonyl (C=O) groups excluding carboxylic acids is 2. The predicted octanol–water partition coefficient (Wildman–Crippen LogP) is -1.27. The number of ether oxygens (including phenoxy) is 1. The van der Waals surface area contributed by atoms with Crippen LogP contribution in [0.25, 0.3) is 0 Å². The van der Waals surface area contributed by atoms with E-state index in [-0.39, 0.29) is 12.5 Å². The average Bonchev–Trinajstić information content (AvgIpc) is 2.17. The number of nitrogens with one attached hydrogen (secondary N) is 2. The fourth-order valence-corrected chi connectivity index (χ4v) is 0.907. The van der Waals surface area contributed by atoms with Gasteiger partial charge in [-0.3, -0.25) is 9.59 Å². The first-order valence-corrected chi connectivity index (χ1v) is 4.84. The lowest BCUT2D eigenvalue weighted by Gasteiger charge is -2.12. The molecule has 16 heavy (non-hydrogen) atoms. The molecule has 0 aromatic rings. The van der Waals surface area contributed by atoms with Crippen LogP contribution in [0.15, 0.2) is 0 Å². The molecule has 92 valence electrons. The third kappa shape index (κ3) is 6.77. The zero-order chi connectivity index (χ0) is 12.6. The number of hydrogen-bond donors (Lipinski definition) is 3. The third-order valence-electron chi connectivity index (χ3n) is 1.58. The van der Waals surface area contributed by atoms with Crippen LogP contribution in [0.5, 0.6) is 0 Å². The van der Waals surface area contributed by atoms with Gasteiger partial charge in [-0.1, -0.05) is 0 Å². The van der Waals surface area contributed by atoms with Gasteiger partial charge in [0, 0.05) is 6.54 Å². The molecule has 0 radical (unpaired) electrons. The molecule has 0 fully saturated rings. The molecule has 0 saturated heterocycles. The maximum atomic E-state index is 11.2. The summed E-state index contributed by atoms with van der Waals surface area (Å²) in [7, 11) is 0. The summed E-state index contributed by atoms with van der Waals surface area (Å²) < 4.78 is 4.55. The minimum Gasteiger partial charge on any atom is -0.480 e. The monoisotopic (exact) mass is 232 g/mol. The number of rotatable bonds is 7. The van der Waals surface area contributed by atoms with Crippen LogP contribution in [-0.2, 0) is 19.1 Å². The summed E-state index contributed by atoms with van der Waals surface area (Å²) >= 11 is 0. The second-order valence-corrected chi connectivity index (χ2v) is 3.07. The third-order valence-corrected chi connectivity index (χ3v) is 1.58. The first kappa shape index (κ1) is 14.4. The van der Waals surface area contributed by atoms with Gasteiger partial charge < -0.3 is 20.5 Å². The Morgan fingerprint density at radius 1 is 1.31 bits per heavy atom. The summed E-state index contributed by atoms with van der Waals surface area (Å²) in [5.41, 5.74) is 0.